The average molecular weight is 648 g/mol. The van der Waals surface area contributed by atoms with Gasteiger partial charge in [0, 0.05) is 41.5 Å². The molecule has 0 aliphatic carbocycles. The molecule has 0 unspecified atom stereocenters. The Morgan fingerprint density at radius 1 is 0.830 bits per heavy atom. The number of ether oxygens (including phenoxy) is 2. The lowest BCUT2D eigenvalue weighted by atomic mass is 9.76. The van der Waals surface area contributed by atoms with Crippen molar-refractivity contribution in [1.29, 1.82) is 0 Å². The number of piperidine rings is 1. The normalized spacial score (nSPS) is 20.5. The van der Waals surface area contributed by atoms with E-state index in [-0.39, 0.29) is 18.0 Å². The van der Waals surface area contributed by atoms with E-state index in [1.165, 1.54) is 7.11 Å². The van der Waals surface area contributed by atoms with Gasteiger partial charge in [-0.2, -0.15) is 0 Å². The molecule has 0 saturated carbocycles. The van der Waals surface area contributed by atoms with Gasteiger partial charge in [-0.05, 0) is 49.2 Å². The molecular formula is C39H38ClN3O4. The predicted octanol–water partition coefficient (Wildman–Crippen LogP) is 7.24. The lowest BCUT2D eigenvalue weighted by Crippen LogP contribution is -2.53. The Bertz CT molecular complexity index is 1730. The van der Waals surface area contributed by atoms with E-state index in [1.807, 2.05) is 56.0 Å². The fraction of sp³-hybridized carbons (Fsp3) is 0.256. The third-order valence-corrected chi connectivity index (χ3v) is 9.82. The van der Waals surface area contributed by atoms with Crippen LogP contribution in [0, 0.1) is 5.92 Å². The molecule has 2 fully saturated rings. The zero-order valence-electron chi connectivity index (χ0n) is 26.5. The van der Waals surface area contributed by atoms with Crippen molar-refractivity contribution in [1.82, 2.24) is 14.5 Å². The standard InChI is InChI=1S/C22H17ClN2.C17H21NO4/c23-21-14-8-7-13-20(21)22(25-16-15-24-17-25,18-9-3-1-4-10-18)19-11-5-2-6-12-19;1-18-12-8-9-13(18)15(17(20)21-2)14(10-12)22-16(19)11-6-4-3-5-7-11/h1-17H;3-7,12-15H,8-10H2,1-2H3/t;12-,13+,14-,15+/m.0/s1. The highest BCUT2D eigenvalue weighted by atomic mass is 35.5. The van der Waals surface area contributed by atoms with Crippen LogP contribution in [0.4, 0.5) is 0 Å². The van der Waals surface area contributed by atoms with E-state index in [0.29, 0.717) is 18.0 Å². The topological polar surface area (TPSA) is 73.7 Å². The molecule has 4 aromatic carbocycles. The molecule has 8 heteroatoms. The summed E-state index contributed by atoms with van der Waals surface area (Å²) >= 11 is 6.69. The molecule has 2 bridgehead atoms. The highest BCUT2D eigenvalue weighted by Gasteiger charge is 2.51. The molecule has 47 heavy (non-hydrogen) atoms. The van der Waals surface area contributed by atoms with Crippen LogP contribution in [0.15, 0.2) is 134 Å². The summed E-state index contributed by atoms with van der Waals surface area (Å²) in [5.41, 5.74) is 3.21. The van der Waals surface area contributed by atoms with Crippen molar-refractivity contribution < 1.29 is 19.1 Å². The SMILES string of the molecule is COC(=O)[C@H]1[C@@H](OC(=O)c2ccccc2)C[C@@H]2CC[C@H]1N2C.Clc1ccccc1C(c1ccccc1)(c1ccccc1)n1ccnc1. The Labute approximate surface area is 280 Å². The highest BCUT2D eigenvalue weighted by molar-refractivity contribution is 6.31. The van der Waals surface area contributed by atoms with Crippen LogP contribution in [0.5, 0.6) is 0 Å². The molecule has 3 heterocycles. The minimum Gasteiger partial charge on any atom is -0.469 e. The second-order valence-corrected chi connectivity index (χ2v) is 12.4. The lowest BCUT2D eigenvalue weighted by Gasteiger charge is -2.40. The number of aromatic nitrogens is 2. The number of nitrogens with zero attached hydrogens (tertiary/aromatic N) is 3. The Kier molecular flexibility index (Phi) is 9.85. The van der Waals surface area contributed by atoms with Crippen molar-refractivity contribution in [3.05, 3.63) is 161 Å². The lowest BCUT2D eigenvalue weighted by molar-refractivity contribution is -0.156. The minimum atomic E-state index is -0.586. The van der Waals surface area contributed by atoms with Gasteiger partial charge in [0.2, 0.25) is 0 Å². The zero-order chi connectivity index (χ0) is 32.8. The Hall–Kier alpha value is -4.72. The van der Waals surface area contributed by atoms with Crippen LogP contribution >= 0.6 is 11.6 Å². The molecule has 0 amide bonds. The predicted molar refractivity (Wildman–Crippen MR) is 182 cm³/mol. The maximum atomic E-state index is 12.3. The Morgan fingerprint density at radius 2 is 1.43 bits per heavy atom. The van der Waals surface area contributed by atoms with E-state index >= 15 is 0 Å². The summed E-state index contributed by atoms with van der Waals surface area (Å²) < 4.78 is 12.7. The quantitative estimate of drug-likeness (QED) is 0.137. The molecule has 4 atom stereocenters. The fourth-order valence-electron chi connectivity index (χ4n) is 7.25. The van der Waals surface area contributed by atoms with Crippen molar-refractivity contribution >= 4 is 23.5 Å². The molecule has 0 spiro atoms. The van der Waals surface area contributed by atoms with Gasteiger partial charge in [0.15, 0.2) is 0 Å². The Morgan fingerprint density at radius 3 is 2.00 bits per heavy atom. The molecule has 2 saturated heterocycles. The van der Waals surface area contributed by atoms with Crippen LogP contribution in [0.25, 0.3) is 0 Å². The second-order valence-electron chi connectivity index (χ2n) is 12.0. The van der Waals surface area contributed by atoms with E-state index in [9.17, 15) is 9.59 Å². The van der Waals surface area contributed by atoms with Crippen LogP contribution in [-0.4, -0.2) is 58.7 Å². The zero-order valence-corrected chi connectivity index (χ0v) is 27.2. The molecule has 1 aromatic heterocycles. The van der Waals surface area contributed by atoms with Gasteiger partial charge >= 0.3 is 11.9 Å². The first-order valence-electron chi connectivity index (χ1n) is 15.9. The second kappa shape index (κ2) is 14.4. The number of imidazole rings is 1. The summed E-state index contributed by atoms with van der Waals surface area (Å²) in [5, 5.41) is 0.726. The number of rotatable bonds is 7. The number of halogens is 1. The summed E-state index contributed by atoms with van der Waals surface area (Å²) in [7, 11) is 3.42. The van der Waals surface area contributed by atoms with Gasteiger partial charge < -0.3 is 14.0 Å². The van der Waals surface area contributed by atoms with E-state index in [2.05, 4.69) is 69.0 Å². The van der Waals surface area contributed by atoms with Crippen LogP contribution in [0.3, 0.4) is 0 Å². The molecular weight excluding hydrogens is 610 g/mol. The molecule has 0 N–H and O–H groups in total. The van der Waals surface area contributed by atoms with E-state index < -0.39 is 17.6 Å². The number of carbonyl (C=O) groups is 2. The largest absolute Gasteiger partial charge is 0.469 e. The van der Waals surface area contributed by atoms with Crippen LogP contribution < -0.4 is 0 Å². The van der Waals surface area contributed by atoms with Gasteiger partial charge in [0.25, 0.3) is 0 Å². The highest BCUT2D eigenvalue weighted by Crippen LogP contribution is 2.43. The molecule has 2 aliphatic heterocycles. The van der Waals surface area contributed by atoms with E-state index in [0.717, 1.165) is 34.6 Å². The summed E-state index contributed by atoms with van der Waals surface area (Å²) in [6, 6.07) is 38.2. The fourth-order valence-corrected chi connectivity index (χ4v) is 7.53. The summed E-state index contributed by atoms with van der Waals surface area (Å²) in [6.07, 6.45) is 7.90. The molecule has 5 aromatic rings. The van der Waals surface area contributed by atoms with Gasteiger partial charge in [-0.3, -0.25) is 9.69 Å². The summed E-state index contributed by atoms with van der Waals surface area (Å²) in [6.45, 7) is 0. The van der Waals surface area contributed by atoms with Gasteiger partial charge in [0.05, 0.1) is 19.0 Å². The first-order chi connectivity index (χ1) is 22.9. The number of hydrogen-bond donors (Lipinski definition) is 0. The summed E-state index contributed by atoms with van der Waals surface area (Å²) in [4.78, 5) is 31.0. The minimum absolute atomic E-state index is 0.0970. The molecule has 0 radical (unpaired) electrons. The van der Waals surface area contributed by atoms with Crippen molar-refractivity contribution in [2.75, 3.05) is 14.2 Å². The van der Waals surface area contributed by atoms with Crippen LogP contribution in [0.1, 0.15) is 46.3 Å². The van der Waals surface area contributed by atoms with Crippen molar-refractivity contribution in [3.63, 3.8) is 0 Å². The number of esters is 2. The number of methoxy groups -OCH3 is 1. The average Bonchev–Trinajstić information content (AvgIpc) is 3.73. The molecule has 7 nitrogen and oxygen atoms in total. The van der Waals surface area contributed by atoms with E-state index in [4.69, 9.17) is 21.1 Å². The number of carbonyl (C=O) groups excluding carboxylic acids is 2. The van der Waals surface area contributed by atoms with Crippen molar-refractivity contribution in [2.45, 2.75) is 43.0 Å². The first-order valence-corrected chi connectivity index (χ1v) is 16.2. The number of benzene rings is 4. The molecule has 7 rings (SSSR count). The van der Waals surface area contributed by atoms with Gasteiger partial charge in [-0.25, -0.2) is 9.78 Å². The van der Waals surface area contributed by atoms with Crippen LogP contribution in [-0.2, 0) is 19.8 Å². The monoisotopic (exact) mass is 647 g/mol. The van der Waals surface area contributed by atoms with Gasteiger partial charge in [-0.1, -0.05) is 109 Å². The van der Waals surface area contributed by atoms with Crippen molar-refractivity contribution in [2.24, 2.45) is 5.92 Å². The van der Waals surface area contributed by atoms with Gasteiger partial charge in [-0.15, -0.1) is 0 Å². The smallest absolute Gasteiger partial charge is 0.338 e. The van der Waals surface area contributed by atoms with Gasteiger partial charge in [0.1, 0.15) is 17.6 Å². The van der Waals surface area contributed by atoms with Crippen molar-refractivity contribution in [3.8, 4) is 0 Å². The number of hydrogen-bond acceptors (Lipinski definition) is 6. The third-order valence-electron chi connectivity index (χ3n) is 9.49. The first kappa shape index (κ1) is 32.2. The maximum Gasteiger partial charge on any atom is 0.338 e. The van der Waals surface area contributed by atoms with E-state index in [1.54, 1.807) is 30.5 Å². The summed E-state index contributed by atoms with van der Waals surface area (Å²) in [5.74, 6) is -1.06. The van der Waals surface area contributed by atoms with Crippen LogP contribution in [0.2, 0.25) is 5.02 Å². The number of fused-ring (bicyclic) bond motifs is 2. The third kappa shape index (κ3) is 6.33. The Balaban J connectivity index is 0.000000166. The maximum absolute atomic E-state index is 12.3. The molecule has 2 aliphatic rings. The molecule has 240 valence electrons.